The fraction of sp³-hybridized carbons (Fsp3) is 0.414. The van der Waals surface area contributed by atoms with Gasteiger partial charge in [0.1, 0.15) is 65.0 Å². The van der Waals surface area contributed by atoms with E-state index < -0.39 is 107 Å². The first kappa shape index (κ1) is 73.6. The fourth-order valence-corrected chi connectivity index (χ4v) is 7.84. The summed E-state index contributed by atoms with van der Waals surface area (Å²) in [5.74, 6) is -2.65. The fourth-order valence-electron chi connectivity index (χ4n) is 7.84. The van der Waals surface area contributed by atoms with Gasteiger partial charge in [-0.2, -0.15) is 0 Å². The zero-order valence-electron chi connectivity index (χ0n) is 48.8. The number of nitrogens with two attached hydrogens (primary N) is 3. The maximum absolute atomic E-state index is 13.0. The van der Waals surface area contributed by atoms with E-state index in [1.54, 1.807) is 57.4 Å². The van der Waals surface area contributed by atoms with Gasteiger partial charge >= 0.3 is 29.6 Å². The lowest BCUT2D eigenvalue weighted by Crippen LogP contribution is -2.30. The van der Waals surface area contributed by atoms with Gasteiger partial charge in [-0.25, -0.2) is 50.3 Å². The van der Waals surface area contributed by atoms with E-state index in [0.717, 1.165) is 4.57 Å². The molecule has 0 bridgehead atoms. The van der Waals surface area contributed by atoms with Gasteiger partial charge in [0.15, 0.2) is 0 Å². The molecule has 12 rings (SSSR count). The van der Waals surface area contributed by atoms with Gasteiger partial charge in [0.05, 0.1) is 62.1 Å². The van der Waals surface area contributed by atoms with E-state index in [-0.39, 0.29) is 87.8 Å². The van der Waals surface area contributed by atoms with Crippen LogP contribution in [0.4, 0.5) is 48.2 Å². The zero-order valence-corrected chi connectivity index (χ0v) is 50.4. The van der Waals surface area contributed by atoms with E-state index in [1.165, 1.54) is 106 Å². The molecule has 90 heavy (non-hydrogen) atoms. The van der Waals surface area contributed by atoms with Crippen LogP contribution >= 0.6 is 24.8 Å². The summed E-state index contributed by atoms with van der Waals surface area (Å²) in [6.45, 7) is 5.19. The van der Waals surface area contributed by atoms with Crippen LogP contribution in [0, 0.1) is 0 Å². The van der Waals surface area contributed by atoms with Crippen LogP contribution in [-0.2, 0) is 14.2 Å². The molecule has 6 fully saturated rings. The maximum Gasteiger partial charge on any atom is 0.412 e. The Morgan fingerprint density at radius 2 is 0.822 bits per heavy atom. The molecule has 0 spiro atoms. The first-order valence-electron chi connectivity index (χ1n) is 27.1. The molecular weight excluding hydrogens is 1250 g/mol. The summed E-state index contributed by atoms with van der Waals surface area (Å²) in [7, 11) is 2.41. The molecule has 490 valence electrons. The molecule has 8 N–H and O–H groups in total. The molecule has 0 unspecified atom stereocenters. The van der Waals surface area contributed by atoms with Crippen molar-refractivity contribution in [3.8, 4) is 0 Å². The Morgan fingerprint density at radius 3 is 1.16 bits per heavy atom. The smallest absolute Gasteiger partial charge is 0.412 e. The topological polar surface area (TPSA) is 346 Å². The standard InChI is InChI=1S/C13H17FN2O3.C10H10FNO3.C9H8FNO3.2C8H9FN2O.C7H6O4.C3H6FN.2ClH/c1-13(2,3)19-12(18)15-9-5-4-6-16(11(9)17)10-7-8(10)14;1-15-10(14)6-3-2-4-12(9(6)13)8-5-7(8)11;10-6-4-7(6)11-3-1-2-5(8(11)12)9(13)14;2*9-5-4-7(5)11-3-1-2-6(10)8(11)12;1-10-6(8)5-3-2-4-11-7(5)9;4-2-1-3(2)5;;/h4-6,8,10H,7H2,1-3H3,(H,15,18);2-4,7-8H,5H2,1H3;1-3,6-7H,4H2,(H,13,14);2*1-3,5,7H,4,10H2;2-4H,1H3;2-3H,1,5H2;2*1H/t8-,10-;7-,8-;6-,7-;2*5-,7-;;2-,3-;;/m11111.1../s1. The summed E-state index contributed by atoms with van der Waals surface area (Å²) < 4.78 is 99.6. The number of rotatable bonds is 9. The predicted molar refractivity (Wildman–Crippen MR) is 322 cm³/mol. The lowest BCUT2D eigenvalue weighted by Gasteiger charge is -2.19. The van der Waals surface area contributed by atoms with Gasteiger partial charge in [0.25, 0.3) is 27.8 Å². The number of pyridine rings is 5. The largest absolute Gasteiger partial charge is 0.477 e. The van der Waals surface area contributed by atoms with Gasteiger partial charge in [-0.3, -0.25) is 29.3 Å². The molecule has 6 aromatic rings. The summed E-state index contributed by atoms with van der Waals surface area (Å²) in [6.07, 6.45) is 5.11. The van der Waals surface area contributed by atoms with Crippen molar-refractivity contribution in [1.29, 1.82) is 0 Å². The molecule has 0 aliphatic heterocycles. The number of methoxy groups -OCH3 is 2. The van der Waals surface area contributed by atoms with Gasteiger partial charge < -0.3 is 63.8 Å². The van der Waals surface area contributed by atoms with Crippen LogP contribution in [0.1, 0.15) is 121 Å². The molecule has 6 aliphatic rings. The molecule has 6 heterocycles. The van der Waals surface area contributed by atoms with Crippen molar-refractivity contribution in [3.05, 3.63) is 189 Å². The van der Waals surface area contributed by atoms with Crippen LogP contribution in [0.5, 0.6) is 0 Å². The number of aromatic carboxylic acids is 1. The number of aromatic nitrogens is 5. The molecule has 1 amide bonds. The third-order valence-corrected chi connectivity index (χ3v) is 13.3. The van der Waals surface area contributed by atoms with Crippen LogP contribution in [0.2, 0.25) is 0 Å². The molecule has 0 aromatic carbocycles. The van der Waals surface area contributed by atoms with Crippen molar-refractivity contribution >= 4 is 65.9 Å². The number of carbonyl (C=O) groups excluding carboxylic acids is 3. The van der Waals surface area contributed by atoms with Gasteiger partial charge in [-0.15, -0.1) is 24.8 Å². The van der Waals surface area contributed by atoms with Crippen molar-refractivity contribution in [1.82, 2.24) is 22.8 Å². The first-order valence-corrected chi connectivity index (χ1v) is 27.1. The van der Waals surface area contributed by atoms with E-state index in [4.69, 9.17) is 27.0 Å². The van der Waals surface area contributed by atoms with Crippen molar-refractivity contribution in [2.75, 3.05) is 31.0 Å². The zero-order chi connectivity index (χ0) is 65.1. The van der Waals surface area contributed by atoms with E-state index in [1.807, 2.05) is 0 Å². The van der Waals surface area contributed by atoms with Crippen molar-refractivity contribution in [2.24, 2.45) is 5.73 Å². The minimum atomic E-state index is -1.28. The van der Waals surface area contributed by atoms with Crippen molar-refractivity contribution in [3.63, 3.8) is 0 Å². The first-order chi connectivity index (χ1) is 41.5. The number of hydrogen-bond donors (Lipinski definition) is 5. The Balaban J connectivity index is 0.000000228. The number of amides is 1. The minimum absolute atomic E-state index is 0. The summed E-state index contributed by atoms with van der Waals surface area (Å²) >= 11 is 0. The molecule has 12 atom stereocenters. The third kappa shape index (κ3) is 20.6. The lowest BCUT2D eigenvalue weighted by atomic mass is 10.2. The number of nitrogens with one attached hydrogen (secondary N) is 1. The highest BCUT2D eigenvalue weighted by Crippen LogP contribution is 2.40. The molecule has 6 aromatic heterocycles. The highest BCUT2D eigenvalue weighted by molar-refractivity contribution is 5.89. The Labute approximate surface area is 520 Å². The lowest BCUT2D eigenvalue weighted by molar-refractivity contribution is 0.0587. The number of carboxylic acid groups (broad SMARTS) is 1. The molecule has 0 radical (unpaired) electrons. The highest BCUT2D eigenvalue weighted by atomic mass is 35.5. The molecule has 24 nitrogen and oxygen atoms in total. The summed E-state index contributed by atoms with van der Waals surface area (Å²) in [5, 5.41) is 11.0. The quantitative estimate of drug-likeness (QED) is 0.0553. The number of alkyl halides is 6. The molecule has 6 saturated carbocycles. The number of carbonyl (C=O) groups is 4. The normalized spacial score (nSPS) is 23.5. The third-order valence-electron chi connectivity index (χ3n) is 13.3. The minimum Gasteiger partial charge on any atom is -0.477 e. The number of nitrogens with zero attached hydrogens (tertiary/aromatic N) is 5. The average molecular weight is 1320 g/mol. The second-order valence-corrected chi connectivity index (χ2v) is 21.5. The molecular formula is C58H67Cl2F6N9O15. The summed E-state index contributed by atoms with van der Waals surface area (Å²) in [4.78, 5) is 113. The SMILES string of the molecule is CC(C)(C)OC(=O)Nc1cccn([C@@H]2C[C@H]2F)c1=O.COC(=O)c1cccn([C@@H]2C[C@H]2F)c1=O.COC(=O)c1cccoc1=O.Cl.Cl.N[C@@H]1C[C@H]1F.Nc1cccn([C@@H]2C[C@H]2F)c1=O.Nc1cccn([C@@H]2C[C@H]2F)c1=O.O=C(O)c1cccn([C@@H]2C[C@H]2F)c1=O. The second kappa shape index (κ2) is 32.0. The Hall–Kier alpha value is -8.90. The number of nitrogen functional groups attached to an aromatic ring is 2. The Morgan fingerprint density at radius 1 is 0.511 bits per heavy atom. The Kier molecular flexibility index (Phi) is 26.2. The number of halogens is 8. The Bertz CT molecular complexity index is 3780. The average Bonchev–Trinajstić information content (AvgIpc) is 1.76. The van der Waals surface area contributed by atoms with E-state index in [9.17, 15) is 74.3 Å². The maximum atomic E-state index is 13.0. The highest BCUT2D eigenvalue weighted by Gasteiger charge is 2.43. The summed E-state index contributed by atoms with van der Waals surface area (Å²) in [6, 6.07) is 15.8. The van der Waals surface area contributed by atoms with Gasteiger partial charge in [0.2, 0.25) is 0 Å². The van der Waals surface area contributed by atoms with Gasteiger partial charge in [-0.05, 0) is 100.0 Å². The van der Waals surface area contributed by atoms with Crippen LogP contribution in [0.25, 0.3) is 0 Å². The summed E-state index contributed by atoms with van der Waals surface area (Å²) in [5.41, 5.74) is 12.3. The predicted octanol–water partition coefficient (Wildman–Crippen LogP) is 6.98. The van der Waals surface area contributed by atoms with Crippen molar-refractivity contribution in [2.45, 2.75) is 138 Å². The van der Waals surface area contributed by atoms with Crippen LogP contribution in [0.15, 0.2) is 143 Å². The van der Waals surface area contributed by atoms with Crippen LogP contribution in [-0.4, -0.2) is 115 Å². The van der Waals surface area contributed by atoms with E-state index in [0.29, 0.717) is 38.5 Å². The van der Waals surface area contributed by atoms with Gasteiger partial charge in [0, 0.05) is 69.1 Å². The van der Waals surface area contributed by atoms with Crippen LogP contribution in [0.3, 0.4) is 0 Å². The second-order valence-electron chi connectivity index (χ2n) is 21.5. The molecule has 0 saturated heterocycles. The number of ether oxygens (including phenoxy) is 3. The molecule has 32 heteroatoms. The van der Waals surface area contributed by atoms with Crippen molar-refractivity contribution < 1.29 is 69.3 Å². The number of carboxylic acids is 1. The van der Waals surface area contributed by atoms with E-state index >= 15 is 0 Å². The van der Waals surface area contributed by atoms with Crippen LogP contribution < -0.4 is 55.9 Å². The number of anilines is 3. The molecule has 6 aliphatic carbocycles. The monoisotopic (exact) mass is 1310 g/mol. The van der Waals surface area contributed by atoms with E-state index in [2.05, 4.69) is 19.2 Å². The van der Waals surface area contributed by atoms with Gasteiger partial charge in [-0.1, -0.05) is 0 Å². The number of hydrogen-bond acceptors (Lipinski definition) is 17. The number of esters is 2.